The van der Waals surface area contributed by atoms with Gasteiger partial charge in [0.25, 0.3) is 0 Å². The fourth-order valence-corrected chi connectivity index (χ4v) is 2.05. The fraction of sp³-hybridized carbons (Fsp3) is 0.667. The van der Waals surface area contributed by atoms with Gasteiger partial charge in [-0.05, 0) is 19.3 Å². The Morgan fingerprint density at radius 1 is 1.46 bits per heavy atom. The highest BCUT2D eigenvalue weighted by atomic mass is 16.5. The van der Waals surface area contributed by atoms with E-state index < -0.39 is 0 Å². The minimum Gasteiger partial charge on any atom is -0.372 e. The van der Waals surface area contributed by atoms with Crippen LogP contribution >= 0.6 is 0 Å². The van der Waals surface area contributed by atoms with Crippen molar-refractivity contribution in [2.24, 2.45) is 0 Å². The molecule has 4 heteroatoms. The topological polar surface area (TPSA) is 47.3 Å². The van der Waals surface area contributed by atoms with Gasteiger partial charge in [0.15, 0.2) is 0 Å². The molecule has 0 radical (unpaired) electrons. The van der Waals surface area contributed by atoms with Gasteiger partial charge in [0.05, 0.1) is 0 Å². The van der Waals surface area contributed by atoms with Crippen LogP contribution in [0.2, 0.25) is 0 Å². The third-order valence-corrected chi connectivity index (χ3v) is 2.71. The highest BCUT2D eigenvalue weighted by Crippen LogP contribution is 2.35. The summed E-state index contributed by atoms with van der Waals surface area (Å²) in [5, 5.41) is 7.22. The zero-order chi connectivity index (χ0) is 8.67. The summed E-state index contributed by atoms with van der Waals surface area (Å²) in [6, 6.07) is 0. The van der Waals surface area contributed by atoms with E-state index in [4.69, 9.17) is 9.26 Å². The number of rotatable bonds is 1. The SMILES string of the molecule is C1COC(c2noc3c2CCN3)C1. The summed E-state index contributed by atoms with van der Waals surface area (Å²) in [5.41, 5.74) is 2.25. The summed E-state index contributed by atoms with van der Waals surface area (Å²) in [5.74, 6) is 0.852. The molecule has 2 aliphatic heterocycles. The van der Waals surface area contributed by atoms with E-state index >= 15 is 0 Å². The Morgan fingerprint density at radius 2 is 2.46 bits per heavy atom. The first-order valence-corrected chi connectivity index (χ1v) is 4.79. The van der Waals surface area contributed by atoms with E-state index in [0.717, 1.165) is 44.0 Å². The number of nitrogens with zero attached hydrogens (tertiary/aromatic N) is 1. The molecular weight excluding hydrogens is 168 g/mol. The molecule has 1 N–H and O–H groups in total. The lowest BCUT2D eigenvalue weighted by atomic mass is 10.1. The van der Waals surface area contributed by atoms with Crippen molar-refractivity contribution in [3.05, 3.63) is 11.3 Å². The van der Waals surface area contributed by atoms with Crippen molar-refractivity contribution < 1.29 is 9.26 Å². The van der Waals surface area contributed by atoms with Crippen molar-refractivity contribution in [2.75, 3.05) is 18.5 Å². The van der Waals surface area contributed by atoms with Gasteiger partial charge < -0.3 is 14.6 Å². The molecule has 0 aliphatic carbocycles. The summed E-state index contributed by atoms with van der Waals surface area (Å²) in [7, 11) is 0. The molecule has 0 aromatic carbocycles. The summed E-state index contributed by atoms with van der Waals surface area (Å²) in [6.45, 7) is 1.83. The Labute approximate surface area is 76.2 Å². The van der Waals surface area contributed by atoms with Crippen LogP contribution < -0.4 is 5.32 Å². The largest absolute Gasteiger partial charge is 0.372 e. The molecule has 1 atom stereocenters. The Bertz CT molecular complexity index is 315. The minimum absolute atomic E-state index is 0.187. The van der Waals surface area contributed by atoms with Crippen molar-refractivity contribution in [1.82, 2.24) is 5.16 Å². The zero-order valence-electron chi connectivity index (χ0n) is 7.38. The molecule has 0 spiro atoms. The average molecular weight is 180 g/mol. The molecule has 1 unspecified atom stereocenters. The zero-order valence-corrected chi connectivity index (χ0v) is 7.38. The molecule has 0 bridgehead atoms. The van der Waals surface area contributed by atoms with Crippen LogP contribution in [0.3, 0.4) is 0 Å². The second kappa shape index (κ2) is 2.73. The van der Waals surface area contributed by atoms with E-state index in [2.05, 4.69) is 10.5 Å². The maximum Gasteiger partial charge on any atom is 0.228 e. The lowest BCUT2D eigenvalue weighted by molar-refractivity contribution is 0.105. The molecule has 3 heterocycles. The van der Waals surface area contributed by atoms with Crippen molar-refractivity contribution in [1.29, 1.82) is 0 Å². The van der Waals surface area contributed by atoms with Crippen LogP contribution in [0, 0.1) is 0 Å². The van der Waals surface area contributed by atoms with E-state index in [9.17, 15) is 0 Å². The van der Waals surface area contributed by atoms with Crippen LogP contribution in [0.25, 0.3) is 0 Å². The normalized spacial score (nSPS) is 26.0. The summed E-state index contributed by atoms with van der Waals surface area (Å²) in [4.78, 5) is 0. The van der Waals surface area contributed by atoms with Crippen LogP contribution in [-0.2, 0) is 11.2 Å². The third-order valence-electron chi connectivity index (χ3n) is 2.71. The Hall–Kier alpha value is -1.03. The van der Waals surface area contributed by atoms with Gasteiger partial charge in [0.1, 0.15) is 11.8 Å². The van der Waals surface area contributed by atoms with Crippen LogP contribution in [0.15, 0.2) is 4.52 Å². The number of aromatic nitrogens is 1. The van der Waals surface area contributed by atoms with Crippen molar-refractivity contribution >= 4 is 5.88 Å². The molecule has 4 nitrogen and oxygen atoms in total. The van der Waals surface area contributed by atoms with Gasteiger partial charge in [-0.25, -0.2) is 0 Å². The summed E-state index contributed by atoms with van der Waals surface area (Å²) in [6.07, 6.45) is 3.43. The molecule has 1 aromatic heterocycles. The van der Waals surface area contributed by atoms with Crippen LogP contribution in [0.4, 0.5) is 5.88 Å². The second-order valence-electron chi connectivity index (χ2n) is 3.55. The lowest BCUT2D eigenvalue weighted by Gasteiger charge is -2.05. The number of fused-ring (bicyclic) bond motifs is 1. The van der Waals surface area contributed by atoms with E-state index in [1.165, 1.54) is 5.56 Å². The second-order valence-corrected chi connectivity index (χ2v) is 3.55. The number of hydrogen-bond acceptors (Lipinski definition) is 4. The predicted octanol–water partition coefficient (Wildman–Crippen LogP) is 1.49. The van der Waals surface area contributed by atoms with E-state index in [1.807, 2.05) is 0 Å². The number of hydrogen-bond donors (Lipinski definition) is 1. The van der Waals surface area contributed by atoms with E-state index in [0.29, 0.717) is 0 Å². The van der Waals surface area contributed by atoms with Crippen LogP contribution in [0.1, 0.15) is 30.2 Å². The Morgan fingerprint density at radius 3 is 3.31 bits per heavy atom. The standard InChI is InChI=1S/C9H12N2O2/c1-2-7(12-5-1)8-6-3-4-10-9(6)13-11-8/h7,10H,1-5H2. The molecule has 3 rings (SSSR count). The van der Waals surface area contributed by atoms with Gasteiger partial charge in [0.2, 0.25) is 5.88 Å². The minimum atomic E-state index is 0.187. The van der Waals surface area contributed by atoms with Crippen molar-refractivity contribution in [3.63, 3.8) is 0 Å². The van der Waals surface area contributed by atoms with Crippen molar-refractivity contribution in [2.45, 2.75) is 25.4 Å². The quantitative estimate of drug-likeness (QED) is 0.711. The smallest absolute Gasteiger partial charge is 0.228 e. The number of ether oxygens (including phenoxy) is 1. The molecule has 0 saturated carbocycles. The Balaban J connectivity index is 1.95. The number of nitrogens with one attached hydrogen (secondary N) is 1. The highest BCUT2D eigenvalue weighted by Gasteiger charge is 2.28. The predicted molar refractivity (Wildman–Crippen MR) is 46.6 cm³/mol. The highest BCUT2D eigenvalue weighted by molar-refractivity contribution is 5.49. The molecular formula is C9H12N2O2. The van der Waals surface area contributed by atoms with Gasteiger partial charge in [-0.2, -0.15) is 0 Å². The summed E-state index contributed by atoms with van der Waals surface area (Å²) >= 11 is 0. The lowest BCUT2D eigenvalue weighted by Crippen LogP contribution is -2.00. The van der Waals surface area contributed by atoms with Gasteiger partial charge in [-0.3, -0.25) is 0 Å². The maximum absolute atomic E-state index is 5.57. The van der Waals surface area contributed by atoms with E-state index in [-0.39, 0.29) is 6.10 Å². The molecule has 1 saturated heterocycles. The fourth-order valence-electron chi connectivity index (χ4n) is 2.05. The van der Waals surface area contributed by atoms with Gasteiger partial charge >= 0.3 is 0 Å². The first-order chi connectivity index (χ1) is 6.45. The van der Waals surface area contributed by atoms with Gasteiger partial charge in [-0.1, -0.05) is 5.16 Å². The first-order valence-electron chi connectivity index (χ1n) is 4.79. The third kappa shape index (κ3) is 1.05. The Kier molecular flexibility index (Phi) is 1.55. The molecule has 13 heavy (non-hydrogen) atoms. The maximum atomic E-state index is 5.57. The monoisotopic (exact) mass is 180 g/mol. The number of anilines is 1. The summed E-state index contributed by atoms with van der Waals surface area (Å²) < 4.78 is 10.8. The first kappa shape index (κ1) is 7.38. The van der Waals surface area contributed by atoms with Crippen molar-refractivity contribution in [3.8, 4) is 0 Å². The molecule has 1 fully saturated rings. The molecule has 1 aromatic rings. The van der Waals surface area contributed by atoms with Gasteiger partial charge in [-0.15, -0.1) is 0 Å². The molecule has 2 aliphatic rings. The van der Waals surface area contributed by atoms with Crippen LogP contribution in [-0.4, -0.2) is 18.3 Å². The van der Waals surface area contributed by atoms with E-state index in [1.54, 1.807) is 0 Å². The van der Waals surface area contributed by atoms with Gasteiger partial charge in [0, 0.05) is 18.7 Å². The average Bonchev–Trinajstić information content (AvgIpc) is 2.79. The molecule has 70 valence electrons. The van der Waals surface area contributed by atoms with Crippen LogP contribution in [0.5, 0.6) is 0 Å². The molecule has 0 amide bonds.